The number of carbonyl (C=O) groups is 1. The molecule has 1 unspecified atom stereocenters. The van der Waals surface area contributed by atoms with E-state index in [0.29, 0.717) is 6.04 Å². The maximum atomic E-state index is 13.2. The van der Waals surface area contributed by atoms with E-state index in [9.17, 15) is 4.79 Å². The van der Waals surface area contributed by atoms with Crippen LogP contribution in [0.2, 0.25) is 0 Å². The number of hydrogen-bond donors (Lipinski definition) is 0. The molecule has 0 saturated heterocycles. The Kier molecular flexibility index (Phi) is 7.32. The number of rotatable bonds is 8. The van der Waals surface area contributed by atoms with E-state index in [0.717, 1.165) is 43.5 Å². The predicted molar refractivity (Wildman–Crippen MR) is 116 cm³/mol. The van der Waals surface area contributed by atoms with Crippen LogP contribution >= 0.6 is 0 Å². The van der Waals surface area contributed by atoms with Gasteiger partial charge in [-0.2, -0.15) is 0 Å². The zero-order chi connectivity index (χ0) is 20.8. The summed E-state index contributed by atoms with van der Waals surface area (Å²) in [4.78, 5) is 15.5. The first-order valence-electron chi connectivity index (χ1n) is 10.7. The summed E-state index contributed by atoms with van der Waals surface area (Å²) in [6.07, 6.45) is 3.75. The van der Waals surface area contributed by atoms with Crippen molar-refractivity contribution in [3.63, 3.8) is 0 Å². The Morgan fingerprint density at radius 2 is 1.90 bits per heavy atom. The van der Waals surface area contributed by atoms with Gasteiger partial charge in [0, 0.05) is 6.04 Å². The lowest BCUT2D eigenvalue weighted by Gasteiger charge is -2.40. The third kappa shape index (κ3) is 4.99. The van der Waals surface area contributed by atoms with Crippen LogP contribution in [-0.4, -0.2) is 36.7 Å². The van der Waals surface area contributed by atoms with Gasteiger partial charge in [-0.15, -0.1) is 0 Å². The number of fused-ring (bicyclic) bond motifs is 1. The topological polar surface area (TPSA) is 38.8 Å². The molecule has 2 aromatic rings. The second-order valence-electron chi connectivity index (χ2n) is 8.03. The summed E-state index contributed by atoms with van der Waals surface area (Å²) < 4.78 is 11.3. The molecule has 2 aromatic carbocycles. The molecule has 1 aliphatic rings. The molecular formula is C25H33NO3. The van der Waals surface area contributed by atoms with E-state index in [1.165, 1.54) is 11.1 Å². The van der Waals surface area contributed by atoms with Gasteiger partial charge in [-0.05, 0) is 68.8 Å². The Morgan fingerprint density at radius 3 is 2.55 bits per heavy atom. The molecule has 0 N–H and O–H groups in total. The third-order valence-electron chi connectivity index (χ3n) is 5.61. The van der Waals surface area contributed by atoms with Crippen LogP contribution < -0.4 is 4.74 Å². The first-order chi connectivity index (χ1) is 14.0. The Labute approximate surface area is 174 Å². The van der Waals surface area contributed by atoms with E-state index >= 15 is 0 Å². The van der Waals surface area contributed by atoms with Gasteiger partial charge in [0.2, 0.25) is 0 Å². The summed E-state index contributed by atoms with van der Waals surface area (Å²) in [6, 6.07) is 16.3. The van der Waals surface area contributed by atoms with Crippen molar-refractivity contribution < 1.29 is 14.3 Å². The van der Waals surface area contributed by atoms with Crippen molar-refractivity contribution in [3.05, 3.63) is 65.2 Å². The first-order valence-corrected chi connectivity index (χ1v) is 10.7. The Bertz CT molecular complexity index is 803. The summed E-state index contributed by atoms with van der Waals surface area (Å²) in [5.74, 6) is 0.818. The predicted octanol–water partition coefficient (Wildman–Crippen LogP) is 4.96. The molecule has 0 heterocycles. The smallest absolute Gasteiger partial charge is 0.328 e. The Balaban J connectivity index is 1.93. The molecule has 2 atom stereocenters. The minimum Gasteiger partial charge on any atom is -0.496 e. The normalized spacial score (nSPS) is 17.1. The van der Waals surface area contributed by atoms with E-state index < -0.39 is 0 Å². The lowest BCUT2D eigenvalue weighted by atomic mass is 9.85. The summed E-state index contributed by atoms with van der Waals surface area (Å²) in [7, 11) is 1.73. The van der Waals surface area contributed by atoms with Crippen LogP contribution in [0.3, 0.4) is 0 Å². The zero-order valence-corrected chi connectivity index (χ0v) is 18.1. The van der Waals surface area contributed by atoms with Gasteiger partial charge in [-0.1, -0.05) is 49.4 Å². The fourth-order valence-corrected chi connectivity index (χ4v) is 4.40. The molecule has 3 rings (SSSR count). The second kappa shape index (κ2) is 9.93. The van der Waals surface area contributed by atoms with Crippen LogP contribution in [0.15, 0.2) is 48.5 Å². The highest BCUT2D eigenvalue weighted by Crippen LogP contribution is 2.35. The van der Waals surface area contributed by atoms with Gasteiger partial charge in [-0.25, -0.2) is 4.79 Å². The molecule has 156 valence electrons. The minimum atomic E-state index is -0.379. The van der Waals surface area contributed by atoms with Crippen LogP contribution in [0.4, 0.5) is 0 Å². The summed E-state index contributed by atoms with van der Waals surface area (Å²) in [6.45, 7) is 6.85. The van der Waals surface area contributed by atoms with Crippen LogP contribution in [0.1, 0.15) is 56.3 Å². The van der Waals surface area contributed by atoms with Gasteiger partial charge in [0.25, 0.3) is 0 Å². The minimum absolute atomic E-state index is 0.131. The lowest BCUT2D eigenvalue weighted by Crippen LogP contribution is -2.45. The lowest BCUT2D eigenvalue weighted by molar-refractivity contribution is -0.155. The Hall–Kier alpha value is -2.33. The zero-order valence-electron chi connectivity index (χ0n) is 18.1. The van der Waals surface area contributed by atoms with Crippen LogP contribution in [0, 0.1) is 0 Å². The largest absolute Gasteiger partial charge is 0.496 e. The summed E-state index contributed by atoms with van der Waals surface area (Å²) in [5.41, 5.74) is 3.64. The molecule has 0 fully saturated rings. The van der Waals surface area contributed by atoms with Crippen LogP contribution in [0.5, 0.6) is 5.75 Å². The number of methoxy groups -OCH3 is 1. The van der Waals surface area contributed by atoms with Crippen LogP contribution in [-0.2, 0) is 22.4 Å². The molecule has 0 spiro atoms. The maximum Gasteiger partial charge on any atom is 0.328 e. The number of ether oxygens (including phenoxy) is 2. The number of carbonyl (C=O) groups excluding carboxylic acids is 1. The van der Waals surface area contributed by atoms with Crippen molar-refractivity contribution in [3.8, 4) is 5.75 Å². The van der Waals surface area contributed by atoms with Crippen molar-refractivity contribution in [2.45, 2.75) is 64.6 Å². The molecule has 1 aliphatic carbocycles. The number of benzene rings is 2. The van der Waals surface area contributed by atoms with Crippen molar-refractivity contribution in [1.29, 1.82) is 0 Å². The molecule has 0 saturated carbocycles. The highest BCUT2D eigenvalue weighted by molar-refractivity contribution is 5.78. The van der Waals surface area contributed by atoms with Crippen LogP contribution in [0.25, 0.3) is 0 Å². The second-order valence-corrected chi connectivity index (χ2v) is 8.03. The van der Waals surface area contributed by atoms with Crippen molar-refractivity contribution in [1.82, 2.24) is 4.90 Å². The molecule has 29 heavy (non-hydrogen) atoms. The van der Waals surface area contributed by atoms with E-state index in [-0.39, 0.29) is 18.1 Å². The quantitative estimate of drug-likeness (QED) is 0.593. The van der Waals surface area contributed by atoms with Gasteiger partial charge in [0.1, 0.15) is 11.8 Å². The van der Waals surface area contributed by atoms with Gasteiger partial charge in [-0.3, -0.25) is 4.90 Å². The molecule has 0 aromatic heterocycles. The number of hydrogen-bond acceptors (Lipinski definition) is 4. The summed E-state index contributed by atoms with van der Waals surface area (Å²) >= 11 is 0. The third-order valence-corrected chi connectivity index (χ3v) is 5.61. The van der Waals surface area contributed by atoms with E-state index in [1.807, 2.05) is 50.2 Å². The molecule has 4 nitrogen and oxygen atoms in total. The average molecular weight is 396 g/mol. The average Bonchev–Trinajstić information content (AvgIpc) is 2.72. The molecule has 0 amide bonds. The summed E-state index contributed by atoms with van der Waals surface area (Å²) in [5, 5.41) is 0. The highest BCUT2D eigenvalue weighted by atomic mass is 16.5. The van der Waals surface area contributed by atoms with Gasteiger partial charge < -0.3 is 9.47 Å². The molecular weight excluding hydrogens is 362 g/mol. The SMILES string of the molecule is CCCN(C(C(=O)OC(C)C)c1ccccc1)[C@H]1CCc2c(cccc2OC)C1. The fourth-order valence-electron chi connectivity index (χ4n) is 4.40. The number of esters is 1. The molecule has 0 aliphatic heterocycles. The van der Waals surface area contributed by atoms with Gasteiger partial charge in [0.05, 0.1) is 13.2 Å². The maximum absolute atomic E-state index is 13.2. The van der Waals surface area contributed by atoms with Crippen molar-refractivity contribution in [2.24, 2.45) is 0 Å². The van der Waals surface area contributed by atoms with E-state index in [2.05, 4.69) is 24.0 Å². The van der Waals surface area contributed by atoms with E-state index in [1.54, 1.807) is 7.11 Å². The van der Waals surface area contributed by atoms with Gasteiger partial charge in [0.15, 0.2) is 0 Å². The first kappa shape index (κ1) is 21.4. The highest BCUT2D eigenvalue weighted by Gasteiger charge is 2.35. The molecule has 0 bridgehead atoms. The van der Waals surface area contributed by atoms with Crippen molar-refractivity contribution >= 4 is 5.97 Å². The molecule has 0 radical (unpaired) electrons. The monoisotopic (exact) mass is 395 g/mol. The van der Waals surface area contributed by atoms with Crippen molar-refractivity contribution in [2.75, 3.05) is 13.7 Å². The Morgan fingerprint density at radius 1 is 1.14 bits per heavy atom. The van der Waals surface area contributed by atoms with E-state index in [4.69, 9.17) is 9.47 Å². The molecule has 4 heteroatoms. The number of nitrogens with zero attached hydrogens (tertiary/aromatic N) is 1. The standard InChI is InChI=1S/C25H33NO3/c1-5-16-26(21-14-15-22-20(17-21)12-9-13-23(22)28-4)24(25(27)29-18(2)3)19-10-7-6-8-11-19/h6-13,18,21,24H,5,14-17H2,1-4H3/t21-,24?/m0/s1. The fraction of sp³-hybridized carbons (Fsp3) is 0.480. The van der Waals surface area contributed by atoms with Gasteiger partial charge >= 0.3 is 5.97 Å².